The van der Waals surface area contributed by atoms with Crippen LogP contribution in [-0.2, 0) is 0 Å². The number of hydrogen-bond donors (Lipinski definition) is 1. The summed E-state index contributed by atoms with van der Waals surface area (Å²) in [5.41, 5.74) is 3.83. The van der Waals surface area contributed by atoms with Crippen molar-refractivity contribution in [2.45, 2.75) is 33.2 Å². The standard InChI is InChI=1S/C15H20N2S/c1-4-6-17-14(15-12(3)5-7-18-15)13-8-11(2)9-16-10-13/h5,7-10,14,17H,4,6H2,1-3H3. The van der Waals surface area contributed by atoms with Crippen LogP contribution in [0.4, 0.5) is 0 Å². The molecule has 2 aromatic heterocycles. The molecule has 2 aromatic rings. The molecule has 96 valence electrons. The van der Waals surface area contributed by atoms with Crippen LogP contribution in [0.3, 0.4) is 0 Å². The van der Waals surface area contributed by atoms with E-state index in [1.807, 2.05) is 23.7 Å². The number of pyridine rings is 1. The van der Waals surface area contributed by atoms with Gasteiger partial charge < -0.3 is 5.32 Å². The van der Waals surface area contributed by atoms with Gasteiger partial charge >= 0.3 is 0 Å². The van der Waals surface area contributed by atoms with Crippen molar-refractivity contribution < 1.29 is 0 Å². The van der Waals surface area contributed by atoms with Crippen molar-refractivity contribution in [1.29, 1.82) is 0 Å². The van der Waals surface area contributed by atoms with Crippen LogP contribution >= 0.6 is 11.3 Å². The maximum atomic E-state index is 4.32. The summed E-state index contributed by atoms with van der Waals surface area (Å²) in [6.07, 6.45) is 5.02. The maximum absolute atomic E-state index is 4.32. The third-order valence-electron chi connectivity index (χ3n) is 2.99. The fraction of sp³-hybridized carbons (Fsp3) is 0.400. The zero-order chi connectivity index (χ0) is 13.0. The second-order valence-corrected chi connectivity index (χ2v) is 5.60. The fourth-order valence-electron chi connectivity index (χ4n) is 2.07. The molecule has 0 aromatic carbocycles. The Bertz CT molecular complexity index is 505. The summed E-state index contributed by atoms with van der Waals surface area (Å²) in [6, 6.07) is 4.68. The van der Waals surface area contributed by atoms with Crippen LogP contribution in [-0.4, -0.2) is 11.5 Å². The summed E-state index contributed by atoms with van der Waals surface area (Å²) in [4.78, 5) is 5.72. The van der Waals surface area contributed by atoms with Crippen LogP contribution in [0.25, 0.3) is 0 Å². The molecular weight excluding hydrogens is 240 g/mol. The molecule has 0 radical (unpaired) electrons. The van der Waals surface area contributed by atoms with E-state index in [-0.39, 0.29) is 6.04 Å². The monoisotopic (exact) mass is 260 g/mol. The maximum Gasteiger partial charge on any atom is 0.0688 e. The number of aromatic nitrogens is 1. The quantitative estimate of drug-likeness (QED) is 0.883. The molecule has 1 N–H and O–H groups in total. The van der Waals surface area contributed by atoms with Crippen molar-refractivity contribution in [3.8, 4) is 0 Å². The van der Waals surface area contributed by atoms with Gasteiger partial charge in [0.25, 0.3) is 0 Å². The topological polar surface area (TPSA) is 24.9 Å². The van der Waals surface area contributed by atoms with Crippen LogP contribution in [0, 0.1) is 13.8 Å². The number of nitrogens with one attached hydrogen (secondary N) is 1. The summed E-state index contributed by atoms with van der Waals surface area (Å²) < 4.78 is 0. The summed E-state index contributed by atoms with van der Waals surface area (Å²) in [7, 11) is 0. The predicted molar refractivity (Wildman–Crippen MR) is 78.2 cm³/mol. The van der Waals surface area contributed by atoms with Crippen molar-refractivity contribution in [2.75, 3.05) is 6.54 Å². The van der Waals surface area contributed by atoms with Crippen LogP contribution < -0.4 is 5.32 Å². The third-order valence-corrected chi connectivity index (χ3v) is 4.08. The molecule has 0 saturated heterocycles. The van der Waals surface area contributed by atoms with Crippen molar-refractivity contribution in [3.63, 3.8) is 0 Å². The van der Waals surface area contributed by atoms with E-state index in [2.05, 4.69) is 48.6 Å². The molecule has 0 saturated carbocycles. The lowest BCUT2D eigenvalue weighted by atomic mass is 10.0. The summed E-state index contributed by atoms with van der Waals surface area (Å²) in [6.45, 7) is 7.49. The van der Waals surface area contributed by atoms with E-state index in [0.717, 1.165) is 13.0 Å². The smallest absolute Gasteiger partial charge is 0.0688 e. The Labute approximate surface area is 113 Å². The molecular formula is C15H20N2S. The largest absolute Gasteiger partial charge is 0.306 e. The Morgan fingerprint density at radius 1 is 1.33 bits per heavy atom. The van der Waals surface area contributed by atoms with Gasteiger partial charge in [-0.2, -0.15) is 0 Å². The van der Waals surface area contributed by atoms with Gasteiger partial charge in [0.15, 0.2) is 0 Å². The van der Waals surface area contributed by atoms with Gasteiger partial charge in [0.2, 0.25) is 0 Å². The van der Waals surface area contributed by atoms with Gasteiger partial charge in [-0.25, -0.2) is 0 Å². The lowest BCUT2D eigenvalue weighted by Gasteiger charge is -2.19. The zero-order valence-electron chi connectivity index (χ0n) is 11.2. The Kier molecular flexibility index (Phi) is 4.50. The highest BCUT2D eigenvalue weighted by Crippen LogP contribution is 2.29. The highest BCUT2D eigenvalue weighted by molar-refractivity contribution is 7.10. The molecule has 3 heteroatoms. The van der Waals surface area contributed by atoms with Gasteiger partial charge in [-0.15, -0.1) is 11.3 Å². The molecule has 2 nitrogen and oxygen atoms in total. The minimum absolute atomic E-state index is 0.275. The number of nitrogens with zero attached hydrogens (tertiary/aromatic N) is 1. The van der Waals surface area contributed by atoms with Gasteiger partial charge in [-0.05, 0) is 54.9 Å². The molecule has 18 heavy (non-hydrogen) atoms. The fourth-order valence-corrected chi connectivity index (χ4v) is 3.10. The van der Waals surface area contributed by atoms with Crippen LogP contribution in [0.15, 0.2) is 29.9 Å². The summed E-state index contributed by atoms with van der Waals surface area (Å²) >= 11 is 1.82. The molecule has 1 atom stereocenters. The molecule has 0 spiro atoms. The average molecular weight is 260 g/mol. The number of rotatable bonds is 5. The number of thiophene rings is 1. The van der Waals surface area contributed by atoms with E-state index in [1.165, 1.54) is 21.6 Å². The van der Waals surface area contributed by atoms with E-state index < -0.39 is 0 Å². The molecule has 0 amide bonds. The second kappa shape index (κ2) is 6.12. The molecule has 0 aliphatic heterocycles. The van der Waals surface area contributed by atoms with Gasteiger partial charge in [-0.3, -0.25) is 4.98 Å². The molecule has 0 fully saturated rings. The average Bonchev–Trinajstić information content (AvgIpc) is 2.77. The van der Waals surface area contributed by atoms with E-state index >= 15 is 0 Å². The molecule has 2 rings (SSSR count). The second-order valence-electron chi connectivity index (χ2n) is 4.65. The number of aryl methyl sites for hydroxylation is 2. The molecule has 1 unspecified atom stereocenters. The minimum atomic E-state index is 0.275. The van der Waals surface area contributed by atoms with Crippen molar-refractivity contribution in [3.05, 3.63) is 51.5 Å². The summed E-state index contributed by atoms with van der Waals surface area (Å²) in [5.74, 6) is 0. The van der Waals surface area contributed by atoms with Crippen molar-refractivity contribution in [1.82, 2.24) is 10.3 Å². The van der Waals surface area contributed by atoms with E-state index in [9.17, 15) is 0 Å². The minimum Gasteiger partial charge on any atom is -0.306 e. The van der Waals surface area contributed by atoms with Crippen LogP contribution in [0.1, 0.15) is 41.0 Å². The molecule has 0 aliphatic carbocycles. The predicted octanol–water partition coefficient (Wildman–Crippen LogP) is 3.85. The van der Waals surface area contributed by atoms with Gasteiger partial charge in [-0.1, -0.05) is 13.0 Å². The third kappa shape index (κ3) is 2.98. The first-order valence-electron chi connectivity index (χ1n) is 6.41. The van der Waals surface area contributed by atoms with Crippen molar-refractivity contribution >= 4 is 11.3 Å². The lowest BCUT2D eigenvalue weighted by molar-refractivity contribution is 0.602. The Morgan fingerprint density at radius 2 is 2.17 bits per heavy atom. The zero-order valence-corrected chi connectivity index (χ0v) is 12.1. The molecule has 2 heterocycles. The highest BCUT2D eigenvalue weighted by Gasteiger charge is 2.17. The molecule has 0 bridgehead atoms. The van der Waals surface area contributed by atoms with Crippen LogP contribution in [0.5, 0.6) is 0 Å². The normalized spacial score (nSPS) is 12.6. The van der Waals surface area contributed by atoms with Crippen molar-refractivity contribution in [2.24, 2.45) is 0 Å². The SMILES string of the molecule is CCCNC(c1cncc(C)c1)c1sccc1C. The first-order chi connectivity index (χ1) is 8.72. The van der Waals surface area contributed by atoms with E-state index in [0.29, 0.717) is 0 Å². The van der Waals surface area contributed by atoms with Gasteiger partial charge in [0.05, 0.1) is 6.04 Å². The molecule has 0 aliphatic rings. The Morgan fingerprint density at radius 3 is 2.78 bits per heavy atom. The first kappa shape index (κ1) is 13.2. The van der Waals surface area contributed by atoms with Gasteiger partial charge in [0, 0.05) is 17.3 Å². The van der Waals surface area contributed by atoms with E-state index in [4.69, 9.17) is 0 Å². The number of hydrogen-bond acceptors (Lipinski definition) is 3. The van der Waals surface area contributed by atoms with E-state index in [1.54, 1.807) is 0 Å². The lowest BCUT2D eigenvalue weighted by Crippen LogP contribution is -2.23. The first-order valence-corrected chi connectivity index (χ1v) is 7.29. The Hall–Kier alpha value is -1.19. The summed E-state index contributed by atoms with van der Waals surface area (Å²) in [5, 5.41) is 5.79. The Balaban J connectivity index is 2.33. The highest BCUT2D eigenvalue weighted by atomic mass is 32.1. The van der Waals surface area contributed by atoms with Gasteiger partial charge in [0.1, 0.15) is 0 Å². The van der Waals surface area contributed by atoms with Crippen LogP contribution in [0.2, 0.25) is 0 Å².